The van der Waals surface area contributed by atoms with E-state index in [0.29, 0.717) is 0 Å². The first kappa shape index (κ1) is 10.4. The van der Waals surface area contributed by atoms with Crippen molar-refractivity contribution in [2.45, 2.75) is 18.4 Å². The lowest BCUT2D eigenvalue weighted by molar-refractivity contribution is -0.138. The molecule has 13 heavy (non-hydrogen) atoms. The van der Waals surface area contributed by atoms with Crippen LogP contribution < -0.4 is 0 Å². The van der Waals surface area contributed by atoms with E-state index in [1.54, 1.807) is 0 Å². The van der Waals surface area contributed by atoms with Crippen LogP contribution in [0.15, 0.2) is 12.2 Å². The minimum atomic E-state index is -4.23. The molecular formula is C6H9O6P. The Hall–Kier alpha value is -0.680. The van der Waals surface area contributed by atoms with Gasteiger partial charge in [-0.25, -0.2) is 4.79 Å². The molecule has 0 spiro atoms. The van der Waals surface area contributed by atoms with E-state index in [-0.39, 0.29) is 12.0 Å². The molecule has 1 aliphatic rings. The summed E-state index contributed by atoms with van der Waals surface area (Å²) in [6, 6.07) is 0. The Balaban J connectivity index is 2.47. The largest absolute Gasteiger partial charge is 0.478 e. The molecule has 0 amide bonds. The van der Waals surface area contributed by atoms with Crippen LogP contribution in [0, 0.1) is 0 Å². The number of carbonyl (C=O) groups is 1. The van der Waals surface area contributed by atoms with Crippen LogP contribution in [0.5, 0.6) is 0 Å². The van der Waals surface area contributed by atoms with Crippen molar-refractivity contribution in [2.24, 2.45) is 0 Å². The molecule has 7 heteroatoms. The molecule has 0 bridgehead atoms. The van der Waals surface area contributed by atoms with E-state index < -0.39 is 25.5 Å². The van der Waals surface area contributed by atoms with Crippen LogP contribution in [0.4, 0.5) is 0 Å². The van der Waals surface area contributed by atoms with Gasteiger partial charge in [0.25, 0.3) is 0 Å². The molecule has 0 aromatic heterocycles. The molecule has 1 saturated heterocycles. The van der Waals surface area contributed by atoms with Crippen molar-refractivity contribution in [1.82, 2.24) is 0 Å². The molecule has 74 valence electrons. The van der Waals surface area contributed by atoms with Gasteiger partial charge in [0.15, 0.2) is 5.85 Å². The first-order valence-corrected chi connectivity index (χ1v) is 5.13. The standard InChI is InChI=1S/C6H9O6P/c1-3(6(7)8)4-2-5(12-4)13(9,10)11/h4-5H,1-2H2,(H,7,8)(H2,9,10,11). The van der Waals surface area contributed by atoms with Gasteiger partial charge in [-0.2, -0.15) is 0 Å². The molecule has 6 nitrogen and oxygen atoms in total. The van der Waals surface area contributed by atoms with Gasteiger partial charge in [-0.05, 0) is 0 Å². The molecule has 1 fully saturated rings. The predicted octanol–water partition coefficient (Wildman–Crippen LogP) is -0.0801. The molecule has 0 aromatic rings. The van der Waals surface area contributed by atoms with E-state index in [1.165, 1.54) is 0 Å². The van der Waals surface area contributed by atoms with Gasteiger partial charge in [-0.3, -0.25) is 4.57 Å². The molecule has 1 rings (SSSR count). The van der Waals surface area contributed by atoms with Crippen molar-refractivity contribution in [3.05, 3.63) is 12.2 Å². The zero-order valence-corrected chi connectivity index (χ0v) is 7.48. The third-order valence-electron chi connectivity index (χ3n) is 1.78. The third kappa shape index (κ3) is 2.16. The van der Waals surface area contributed by atoms with Crippen LogP contribution in [0.2, 0.25) is 0 Å². The highest BCUT2D eigenvalue weighted by atomic mass is 31.2. The van der Waals surface area contributed by atoms with E-state index in [4.69, 9.17) is 14.9 Å². The SMILES string of the molecule is C=C(C(=O)O)C1CC(P(=O)(O)O)O1. The number of aliphatic carboxylic acids is 1. The van der Waals surface area contributed by atoms with Crippen molar-refractivity contribution >= 4 is 13.6 Å². The molecule has 3 N–H and O–H groups in total. The predicted molar refractivity (Wildman–Crippen MR) is 42.1 cm³/mol. The zero-order valence-electron chi connectivity index (χ0n) is 6.58. The Morgan fingerprint density at radius 2 is 2.00 bits per heavy atom. The highest BCUT2D eigenvalue weighted by Crippen LogP contribution is 2.50. The smallest absolute Gasteiger partial charge is 0.354 e. The highest BCUT2D eigenvalue weighted by Gasteiger charge is 2.44. The second kappa shape index (κ2) is 3.23. The Labute approximate surface area is 74.0 Å². The first-order valence-electron chi connectivity index (χ1n) is 3.45. The second-order valence-electron chi connectivity index (χ2n) is 2.73. The Kier molecular flexibility index (Phi) is 2.58. The number of carboxylic acids is 1. The van der Waals surface area contributed by atoms with Gasteiger partial charge < -0.3 is 19.6 Å². The van der Waals surface area contributed by atoms with E-state index in [9.17, 15) is 9.36 Å². The van der Waals surface area contributed by atoms with Crippen LogP contribution in [0.25, 0.3) is 0 Å². The van der Waals surface area contributed by atoms with Gasteiger partial charge >= 0.3 is 13.6 Å². The zero-order chi connectivity index (χ0) is 10.2. The fourth-order valence-electron chi connectivity index (χ4n) is 0.940. The Morgan fingerprint density at radius 3 is 2.31 bits per heavy atom. The molecule has 2 atom stereocenters. The van der Waals surface area contributed by atoms with Crippen LogP contribution in [0.1, 0.15) is 6.42 Å². The normalized spacial score (nSPS) is 27.8. The summed E-state index contributed by atoms with van der Waals surface area (Å²) >= 11 is 0. The topological polar surface area (TPSA) is 104 Å². The summed E-state index contributed by atoms with van der Waals surface area (Å²) in [5.74, 6) is -2.39. The molecule has 1 heterocycles. The number of hydrogen-bond acceptors (Lipinski definition) is 3. The lowest BCUT2D eigenvalue weighted by atomic mass is 10.1. The van der Waals surface area contributed by atoms with Gasteiger partial charge in [0.2, 0.25) is 0 Å². The van der Waals surface area contributed by atoms with Gasteiger partial charge in [0, 0.05) is 6.42 Å². The number of hydrogen-bond donors (Lipinski definition) is 3. The monoisotopic (exact) mass is 208 g/mol. The molecular weight excluding hydrogens is 199 g/mol. The average molecular weight is 208 g/mol. The first-order chi connectivity index (χ1) is 5.82. The van der Waals surface area contributed by atoms with Gasteiger partial charge in [-0.1, -0.05) is 6.58 Å². The Morgan fingerprint density at radius 1 is 1.54 bits per heavy atom. The minimum Gasteiger partial charge on any atom is -0.478 e. The molecule has 0 aromatic carbocycles. The summed E-state index contributed by atoms with van der Waals surface area (Å²) in [4.78, 5) is 27.5. The summed E-state index contributed by atoms with van der Waals surface area (Å²) in [6.07, 6.45) is -0.759. The quantitative estimate of drug-likeness (QED) is 0.442. The van der Waals surface area contributed by atoms with Crippen LogP contribution in [-0.2, 0) is 14.1 Å². The number of ether oxygens (including phenoxy) is 1. The van der Waals surface area contributed by atoms with Crippen molar-refractivity contribution < 1.29 is 29.0 Å². The summed E-state index contributed by atoms with van der Waals surface area (Å²) in [7, 11) is -4.23. The molecule has 0 radical (unpaired) electrons. The van der Waals surface area contributed by atoms with E-state index in [0.717, 1.165) is 0 Å². The maximum atomic E-state index is 10.5. The summed E-state index contributed by atoms with van der Waals surface area (Å²) in [6.45, 7) is 3.22. The number of carboxylic acid groups (broad SMARTS) is 1. The third-order valence-corrected chi connectivity index (χ3v) is 2.86. The summed E-state index contributed by atoms with van der Waals surface area (Å²) < 4.78 is 15.2. The fraction of sp³-hybridized carbons (Fsp3) is 0.500. The van der Waals surface area contributed by atoms with E-state index >= 15 is 0 Å². The van der Waals surface area contributed by atoms with Gasteiger partial charge in [0.1, 0.15) is 0 Å². The summed E-state index contributed by atoms with van der Waals surface area (Å²) in [5.41, 5.74) is -0.176. The van der Waals surface area contributed by atoms with E-state index in [2.05, 4.69) is 11.3 Å². The Bertz CT molecular complexity index is 285. The lowest BCUT2D eigenvalue weighted by Crippen LogP contribution is -2.39. The van der Waals surface area contributed by atoms with Crippen LogP contribution >= 0.6 is 7.60 Å². The van der Waals surface area contributed by atoms with Gasteiger partial charge in [0.05, 0.1) is 11.7 Å². The lowest BCUT2D eigenvalue weighted by Gasteiger charge is -2.35. The minimum absolute atomic E-state index is 0.00934. The summed E-state index contributed by atoms with van der Waals surface area (Å²) in [5, 5.41) is 8.43. The van der Waals surface area contributed by atoms with Crippen molar-refractivity contribution in [2.75, 3.05) is 0 Å². The fourth-order valence-corrected chi connectivity index (χ4v) is 1.71. The maximum absolute atomic E-state index is 10.5. The van der Waals surface area contributed by atoms with Gasteiger partial charge in [-0.15, -0.1) is 0 Å². The maximum Gasteiger partial charge on any atom is 0.354 e. The molecule has 0 aliphatic carbocycles. The van der Waals surface area contributed by atoms with Crippen molar-refractivity contribution in [3.8, 4) is 0 Å². The van der Waals surface area contributed by atoms with E-state index in [1.807, 2.05) is 0 Å². The second-order valence-corrected chi connectivity index (χ2v) is 4.49. The number of rotatable bonds is 3. The molecule has 0 saturated carbocycles. The van der Waals surface area contributed by atoms with Crippen molar-refractivity contribution in [3.63, 3.8) is 0 Å². The van der Waals surface area contributed by atoms with Crippen LogP contribution in [0.3, 0.4) is 0 Å². The van der Waals surface area contributed by atoms with Crippen LogP contribution in [-0.4, -0.2) is 32.8 Å². The molecule has 2 unspecified atom stereocenters. The molecule has 1 aliphatic heterocycles. The van der Waals surface area contributed by atoms with Crippen molar-refractivity contribution in [1.29, 1.82) is 0 Å². The average Bonchev–Trinajstić information content (AvgIpc) is 1.79. The highest BCUT2D eigenvalue weighted by molar-refractivity contribution is 7.52.